The van der Waals surface area contributed by atoms with Gasteiger partial charge >= 0.3 is 0 Å². The van der Waals surface area contributed by atoms with Crippen molar-refractivity contribution >= 4 is 35.3 Å². The molecule has 3 heterocycles. The van der Waals surface area contributed by atoms with Crippen molar-refractivity contribution in [3.63, 3.8) is 0 Å². The predicted molar refractivity (Wildman–Crippen MR) is 168 cm³/mol. The van der Waals surface area contributed by atoms with Gasteiger partial charge in [-0.3, -0.25) is 19.3 Å². The van der Waals surface area contributed by atoms with Crippen LogP contribution in [-0.2, 0) is 19.8 Å². The molecule has 3 aromatic rings. The lowest BCUT2D eigenvalue weighted by atomic mass is 9.86. The zero-order valence-corrected chi connectivity index (χ0v) is 26.5. The Morgan fingerprint density at radius 1 is 0.952 bits per heavy atom. The molecule has 2 aliphatic heterocycles. The first-order valence-corrected chi connectivity index (χ1v) is 15.6. The molecule has 1 aromatic heterocycles. The van der Waals surface area contributed by atoms with Gasteiger partial charge in [-0.1, -0.05) is 62.7 Å². The highest BCUT2D eigenvalue weighted by molar-refractivity contribution is 8.00. The molecule has 8 nitrogen and oxygen atoms in total. The first-order chi connectivity index (χ1) is 19.9. The van der Waals surface area contributed by atoms with E-state index in [-0.39, 0.29) is 40.7 Å². The van der Waals surface area contributed by atoms with E-state index in [0.29, 0.717) is 32.0 Å². The highest BCUT2D eigenvalue weighted by atomic mass is 32.2. The normalized spacial score (nSPS) is 17.7. The average molecular weight is 588 g/mol. The second-order valence-electron chi connectivity index (χ2n) is 12.5. The number of benzene rings is 2. The maximum atomic E-state index is 14.0. The quantitative estimate of drug-likeness (QED) is 0.432. The van der Waals surface area contributed by atoms with Crippen LogP contribution in [0.5, 0.6) is 0 Å². The number of aryl methyl sites for hydroxylation is 3. The lowest BCUT2D eigenvalue weighted by Crippen LogP contribution is -2.53. The summed E-state index contributed by atoms with van der Waals surface area (Å²) in [5, 5.41) is 5.12. The molecule has 3 amide bonds. The minimum Gasteiger partial charge on any atom is -0.339 e. The van der Waals surface area contributed by atoms with E-state index in [1.165, 1.54) is 0 Å². The monoisotopic (exact) mass is 587 g/mol. The lowest BCUT2D eigenvalue weighted by Gasteiger charge is -2.35. The summed E-state index contributed by atoms with van der Waals surface area (Å²) in [4.78, 5) is 44.8. The van der Waals surface area contributed by atoms with E-state index in [2.05, 4.69) is 71.9 Å². The molecule has 1 atom stereocenters. The zero-order valence-electron chi connectivity index (χ0n) is 25.7. The summed E-state index contributed by atoms with van der Waals surface area (Å²) in [5.41, 5.74) is 6.97. The van der Waals surface area contributed by atoms with Crippen LogP contribution in [0.1, 0.15) is 66.5 Å². The van der Waals surface area contributed by atoms with Crippen LogP contribution in [0.25, 0.3) is 5.69 Å². The fourth-order valence-corrected chi connectivity index (χ4v) is 7.21. The Bertz CT molecular complexity index is 1530. The van der Waals surface area contributed by atoms with Crippen LogP contribution in [0, 0.1) is 20.8 Å². The van der Waals surface area contributed by atoms with Gasteiger partial charge in [0.05, 0.1) is 22.4 Å². The number of amides is 3. The predicted octanol–water partition coefficient (Wildman–Crippen LogP) is 4.95. The van der Waals surface area contributed by atoms with Crippen LogP contribution in [0.15, 0.2) is 42.5 Å². The molecule has 0 spiro atoms. The molecule has 2 aliphatic rings. The minimum atomic E-state index is -0.318. The van der Waals surface area contributed by atoms with Crippen LogP contribution in [0.2, 0.25) is 0 Å². The number of hydrogen-bond acceptors (Lipinski definition) is 5. The molecule has 42 heavy (non-hydrogen) atoms. The van der Waals surface area contributed by atoms with E-state index in [0.717, 1.165) is 39.2 Å². The van der Waals surface area contributed by atoms with Gasteiger partial charge in [0.1, 0.15) is 12.4 Å². The zero-order chi connectivity index (χ0) is 30.3. The van der Waals surface area contributed by atoms with E-state index in [9.17, 15) is 14.4 Å². The van der Waals surface area contributed by atoms with Gasteiger partial charge in [0.15, 0.2) is 0 Å². The van der Waals surface area contributed by atoms with E-state index in [1.54, 1.807) is 33.4 Å². The number of carbonyl (C=O) groups is 3. The standard InChI is InChI=1S/C33H41N5O3S/c1-21-12-13-26(23(3)18-21)38-32-29(31(34-38)33(5,6)7)30(25-11-9-8-10-22(25)2)42-20-28(41)37(32)19-27(40)36-16-14-35(15-17-36)24(4)39/h8-13,18,30H,14-17,19-20H2,1-7H3/t30-/m0/s1. The SMILES string of the molecule is CC(=O)N1CCN(C(=O)CN2C(=O)CS[C@@H](c3ccccc3C)c3c(C(C)(C)C)nn(-c4ccc(C)cc4C)c32)CC1. The van der Waals surface area contributed by atoms with Crippen molar-refractivity contribution in [2.45, 2.75) is 59.1 Å². The van der Waals surface area contributed by atoms with Crippen LogP contribution in [0.3, 0.4) is 0 Å². The van der Waals surface area contributed by atoms with Crippen molar-refractivity contribution in [3.05, 3.63) is 76.0 Å². The molecule has 2 aromatic carbocycles. The summed E-state index contributed by atoms with van der Waals surface area (Å²) in [6.45, 7) is 16.1. The van der Waals surface area contributed by atoms with Crippen molar-refractivity contribution in [1.82, 2.24) is 19.6 Å². The molecule has 0 N–H and O–H groups in total. The second-order valence-corrected chi connectivity index (χ2v) is 13.5. The van der Waals surface area contributed by atoms with E-state index in [1.807, 2.05) is 16.8 Å². The third-order valence-corrected chi connectivity index (χ3v) is 9.46. The maximum Gasteiger partial charge on any atom is 0.242 e. The lowest BCUT2D eigenvalue weighted by molar-refractivity contribution is -0.137. The Morgan fingerprint density at radius 3 is 2.24 bits per heavy atom. The van der Waals surface area contributed by atoms with Crippen molar-refractivity contribution in [3.8, 4) is 5.69 Å². The van der Waals surface area contributed by atoms with E-state index >= 15 is 0 Å². The molecule has 0 aliphatic carbocycles. The Hall–Kier alpha value is -3.59. The fourth-order valence-electron chi connectivity index (χ4n) is 5.92. The molecular weight excluding hydrogens is 546 g/mol. The van der Waals surface area contributed by atoms with Gasteiger partial charge in [-0.15, -0.1) is 11.8 Å². The maximum absolute atomic E-state index is 14.0. The van der Waals surface area contributed by atoms with Crippen molar-refractivity contribution < 1.29 is 14.4 Å². The number of carbonyl (C=O) groups excluding carboxylic acids is 3. The molecule has 222 valence electrons. The topological polar surface area (TPSA) is 78.8 Å². The molecule has 0 unspecified atom stereocenters. The Morgan fingerprint density at radius 2 is 1.62 bits per heavy atom. The van der Waals surface area contributed by atoms with Gasteiger partial charge in [-0.25, -0.2) is 4.68 Å². The van der Waals surface area contributed by atoms with Crippen molar-refractivity contribution in [2.24, 2.45) is 0 Å². The van der Waals surface area contributed by atoms with Crippen LogP contribution in [-0.4, -0.2) is 75.8 Å². The van der Waals surface area contributed by atoms with Crippen molar-refractivity contribution in [2.75, 3.05) is 43.4 Å². The number of fused-ring (bicyclic) bond motifs is 1. The molecule has 1 fully saturated rings. The number of rotatable bonds is 4. The first kappa shape index (κ1) is 29.9. The molecule has 0 saturated carbocycles. The van der Waals surface area contributed by atoms with E-state index < -0.39 is 0 Å². The highest BCUT2D eigenvalue weighted by Crippen LogP contribution is 2.49. The Balaban J connectivity index is 1.68. The first-order valence-electron chi connectivity index (χ1n) is 14.6. The van der Waals surface area contributed by atoms with Gasteiger partial charge in [0.2, 0.25) is 17.7 Å². The van der Waals surface area contributed by atoms with Crippen LogP contribution < -0.4 is 4.90 Å². The van der Waals surface area contributed by atoms with Gasteiger partial charge in [-0.05, 0) is 43.5 Å². The summed E-state index contributed by atoms with van der Waals surface area (Å²) in [7, 11) is 0. The number of anilines is 1. The molecule has 0 bridgehead atoms. The second kappa shape index (κ2) is 11.6. The highest BCUT2D eigenvalue weighted by Gasteiger charge is 2.41. The third kappa shape index (κ3) is 5.71. The van der Waals surface area contributed by atoms with Gasteiger partial charge < -0.3 is 9.80 Å². The summed E-state index contributed by atoms with van der Waals surface area (Å²) >= 11 is 1.60. The Kier molecular flexibility index (Phi) is 8.25. The third-order valence-electron chi connectivity index (χ3n) is 8.22. The van der Waals surface area contributed by atoms with E-state index in [4.69, 9.17) is 5.10 Å². The number of piperazine rings is 1. The largest absolute Gasteiger partial charge is 0.339 e. The van der Waals surface area contributed by atoms with Crippen LogP contribution in [0.4, 0.5) is 5.82 Å². The van der Waals surface area contributed by atoms with Crippen LogP contribution >= 0.6 is 11.8 Å². The molecule has 9 heteroatoms. The average Bonchev–Trinajstić information content (AvgIpc) is 3.27. The molecule has 5 rings (SSSR count). The Labute approximate surface area is 253 Å². The summed E-state index contributed by atoms with van der Waals surface area (Å²) in [6, 6.07) is 14.6. The minimum absolute atomic E-state index is 0.0146. The summed E-state index contributed by atoms with van der Waals surface area (Å²) in [6.07, 6.45) is 0. The fraction of sp³-hybridized carbons (Fsp3) is 0.455. The van der Waals surface area contributed by atoms with Crippen molar-refractivity contribution in [1.29, 1.82) is 0 Å². The van der Waals surface area contributed by atoms with Gasteiger partial charge in [0, 0.05) is 44.1 Å². The summed E-state index contributed by atoms with van der Waals surface area (Å²) < 4.78 is 1.90. The number of aromatic nitrogens is 2. The number of thioether (sulfide) groups is 1. The summed E-state index contributed by atoms with van der Waals surface area (Å²) in [5.74, 6) is 0.698. The molecule has 1 saturated heterocycles. The number of hydrogen-bond donors (Lipinski definition) is 0. The van der Waals surface area contributed by atoms with Gasteiger partial charge in [0.25, 0.3) is 0 Å². The van der Waals surface area contributed by atoms with Gasteiger partial charge in [-0.2, -0.15) is 5.10 Å². The molecule has 0 radical (unpaired) electrons. The molecular formula is C33H41N5O3S. The number of nitrogens with zero attached hydrogens (tertiary/aromatic N) is 5. The smallest absolute Gasteiger partial charge is 0.242 e.